The van der Waals surface area contributed by atoms with Crippen LogP contribution in [0.3, 0.4) is 0 Å². The summed E-state index contributed by atoms with van der Waals surface area (Å²) in [5.74, 6) is 1.05. The summed E-state index contributed by atoms with van der Waals surface area (Å²) >= 11 is 1.92. The zero-order chi connectivity index (χ0) is 13.4. The van der Waals surface area contributed by atoms with Crippen LogP contribution in [0.2, 0.25) is 0 Å². The average molecular weight is 275 g/mol. The molecule has 2 heterocycles. The van der Waals surface area contributed by atoms with Crippen LogP contribution in [0.4, 0.5) is 5.82 Å². The van der Waals surface area contributed by atoms with Crippen molar-refractivity contribution in [3.63, 3.8) is 0 Å². The summed E-state index contributed by atoms with van der Waals surface area (Å²) < 4.78 is 0. The molecule has 0 unspecified atom stereocenters. The van der Waals surface area contributed by atoms with Crippen molar-refractivity contribution in [2.75, 3.05) is 5.73 Å². The molecule has 0 radical (unpaired) electrons. The van der Waals surface area contributed by atoms with Gasteiger partial charge in [0.05, 0.1) is 10.6 Å². The predicted molar refractivity (Wildman–Crippen MR) is 81.7 cm³/mol. The quantitative estimate of drug-likeness (QED) is 0.810. The molecule has 4 heteroatoms. The molecule has 0 atom stereocenters. The summed E-state index contributed by atoms with van der Waals surface area (Å²) in [5, 5.41) is 7.33. The van der Waals surface area contributed by atoms with Crippen molar-refractivity contribution in [1.29, 1.82) is 0 Å². The Balaban J connectivity index is 2.03. The van der Waals surface area contributed by atoms with Gasteiger partial charge >= 0.3 is 0 Å². The van der Waals surface area contributed by atoms with E-state index in [2.05, 4.69) is 30.1 Å². The number of fused-ring (bicyclic) bond motifs is 1. The van der Waals surface area contributed by atoms with Gasteiger partial charge in [-0.25, -0.2) is 0 Å². The number of rotatable bonds is 2. The topological polar surface area (TPSA) is 54.7 Å². The van der Waals surface area contributed by atoms with Gasteiger partial charge < -0.3 is 5.73 Å². The Morgan fingerprint density at radius 1 is 1.26 bits per heavy atom. The minimum Gasteiger partial charge on any atom is -0.382 e. The number of aromatic nitrogens is 2. The lowest BCUT2D eigenvalue weighted by atomic mass is 10.0. The van der Waals surface area contributed by atoms with Crippen LogP contribution in [0.5, 0.6) is 0 Å². The summed E-state index contributed by atoms with van der Waals surface area (Å²) in [6.45, 7) is 4.34. The number of anilines is 1. The Bertz CT molecular complexity index is 557. The van der Waals surface area contributed by atoms with Crippen LogP contribution in [-0.2, 0) is 12.8 Å². The van der Waals surface area contributed by atoms with Crippen molar-refractivity contribution in [3.8, 4) is 10.6 Å². The summed E-state index contributed by atoms with van der Waals surface area (Å²) in [6.07, 6.45) is 6.48. The van der Waals surface area contributed by atoms with Crippen molar-refractivity contribution in [2.24, 2.45) is 0 Å². The van der Waals surface area contributed by atoms with E-state index >= 15 is 0 Å². The maximum absolute atomic E-state index is 5.99. The third-order valence-electron chi connectivity index (χ3n) is 3.90. The third kappa shape index (κ3) is 2.29. The van der Waals surface area contributed by atoms with Gasteiger partial charge in [0.2, 0.25) is 0 Å². The van der Waals surface area contributed by atoms with E-state index in [-0.39, 0.29) is 0 Å². The van der Waals surface area contributed by atoms with Crippen molar-refractivity contribution in [1.82, 2.24) is 10.2 Å². The van der Waals surface area contributed by atoms with E-state index in [1.807, 2.05) is 11.3 Å². The Labute approximate surface area is 118 Å². The standard InChI is InChI=1S/C15H21N3S/c1-9(2)13-14(17-18-15(13)16)12-8-10-6-4-3-5-7-11(10)19-12/h8-9H,3-7H2,1-2H3,(H3,16,17,18). The first-order valence-corrected chi connectivity index (χ1v) is 7.94. The van der Waals surface area contributed by atoms with E-state index in [9.17, 15) is 0 Å². The lowest BCUT2D eigenvalue weighted by Crippen LogP contribution is -1.94. The maximum atomic E-state index is 5.99. The van der Waals surface area contributed by atoms with Gasteiger partial charge in [-0.1, -0.05) is 20.3 Å². The molecule has 0 saturated carbocycles. The van der Waals surface area contributed by atoms with E-state index < -0.39 is 0 Å². The molecular weight excluding hydrogens is 254 g/mol. The number of aromatic amines is 1. The predicted octanol–water partition coefficient (Wildman–Crippen LogP) is 4.11. The Morgan fingerprint density at radius 3 is 2.84 bits per heavy atom. The molecule has 0 fully saturated rings. The number of aryl methyl sites for hydroxylation is 2. The van der Waals surface area contributed by atoms with Gasteiger partial charge in [0.1, 0.15) is 5.82 Å². The first-order chi connectivity index (χ1) is 9.16. The molecule has 2 aromatic rings. The van der Waals surface area contributed by atoms with Crippen molar-refractivity contribution >= 4 is 17.2 Å². The van der Waals surface area contributed by atoms with Crippen LogP contribution in [0.25, 0.3) is 10.6 Å². The van der Waals surface area contributed by atoms with Crippen molar-refractivity contribution < 1.29 is 0 Å². The number of nitrogen functional groups attached to an aromatic ring is 1. The molecule has 1 aliphatic rings. The van der Waals surface area contributed by atoms with Crippen LogP contribution in [0, 0.1) is 0 Å². The highest BCUT2D eigenvalue weighted by molar-refractivity contribution is 7.15. The van der Waals surface area contributed by atoms with E-state index in [1.165, 1.54) is 37.0 Å². The maximum Gasteiger partial charge on any atom is 0.149 e. The number of thiophene rings is 1. The summed E-state index contributed by atoms with van der Waals surface area (Å²) in [7, 11) is 0. The highest BCUT2D eigenvalue weighted by Gasteiger charge is 2.19. The molecule has 0 bridgehead atoms. The SMILES string of the molecule is CC(C)c1c(N)n[nH]c1-c1cc2c(s1)CCCCC2. The highest BCUT2D eigenvalue weighted by atomic mass is 32.1. The van der Waals surface area contributed by atoms with Crippen LogP contribution in [0.15, 0.2) is 6.07 Å². The number of nitrogens with one attached hydrogen (secondary N) is 1. The number of hydrogen-bond acceptors (Lipinski definition) is 3. The molecule has 3 nitrogen and oxygen atoms in total. The second-order valence-corrected chi connectivity index (χ2v) is 6.81. The minimum atomic E-state index is 0.399. The number of hydrogen-bond donors (Lipinski definition) is 2. The fraction of sp³-hybridized carbons (Fsp3) is 0.533. The number of H-pyrrole nitrogens is 1. The van der Waals surface area contributed by atoms with E-state index in [0.717, 1.165) is 11.3 Å². The average Bonchev–Trinajstić information content (AvgIpc) is 2.87. The van der Waals surface area contributed by atoms with Gasteiger partial charge in [-0.2, -0.15) is 5.10 Å². The van der Waals surface area contributed by atoms with Crippen LogP contribution < -0.4 is 5.73 Å². The first kappa shape index (κ1) is 12.7. The molecule has 0 aliphatic heterocycles. The molecule has 19 heavy (non-hydrogen) atoms. The second-order valence-electron chi connectivity index (χ2n) is 5.67. The number of nitrogens with zero attached hydrogens (tertiary/aromatic N) is 1. The first-order valence-electron chi connectivity index (χ1n) is 7.12. The second kappa shape index (κ2) is 5.00. The minimum absolute atomic E-state index is 0.399. The van der Waals surface area contributed by atoms with E-state index in [4.69, 9.17) is 5.73 Å². The lowest BCUT2D eigenvalue weighted by Gasteiger charge is -2.05. The van der Waals surface area contributed by atoms with Gasteiger partial charge in [0.25, 0.3) is 0 Å². The van der Waals surface area contributed by atoms with Gasteiger partial charge in [0.15, 0.2) is 0 Å². The molecule has 3 rings (SSSR count). The molecule has 2 aromatic heterocycles. The molecular formula is C15H21N3S. The van der Waals surface area contributed by atoms with E-state index in [0.29, 0.717) is 11.7 Å². The summed E-state index contributed by atoms with van der Waals surface area (Å²) in [5.41, 5.74) is 9.82. The zero-order valence-corrected chi connectivity index (χ0v) is 12.4. The fourth-order valence-electron chi connectivity index (χ4n) is 2.93. The smallest absolute Gasteiger partial charge is 0.149 e. The zero-order valence-electron chi connectivity index (χ0n) is 11.6. The van der Waals surface area contributed by atoms with Gasteiger partial charge in [0, 0.05) is 10.4 Å². The van der Waals surface area contributed by atoms with Crippen LogP contribution >= 0.6 is 11.3 Å². The monoisotopic (exact) mass is 275 g/mol. The van der Waals surface area contributed by atoms with Crippen LogP contribution in [-0.4, -0.2) is 10.2 Å². The Morgan fingerprint density at radius 2 is 2.05 bits per heavy atom. The van der Waals surface area contributed by atoms with Gasteiger partial charge in [-0.05, 0) is 43.2 Å². The molecule has 0 spiro atoms. The Kier molecular flexibility index (Phi) is 3.35. The molecule has 0 aromatic carbocycles. The third-order valence-corrected chi connectivity index (χ3v) is 5.16. The Hall–Kier alpha value is -1.29. The fourth-order valence-corrected chi connectivity index (χ4v) is 4.19. The molecule has 3 N–H and O–H groups in total. The molecule has 0 saturated heterocycles. The summed E-state index contributed by atoms with van der Waals surface area (Å²) in [6, 6.07) is 2.35. The van der Waals surface area contributed by atoms with Crippen molar-refractivity contribution in [3.05, 3.63) is 22.1 Å². The molecule has 0 amide bonds. The van der Waals surface area contributed by atoms with Crippen LogP contribution in [0.1, 0.15) is 55.0 Å². The van der Waals surface area contributed by atoms with Crippen molar-refractivity contribution in [2.45, 2.75) is 51.9 Å². The highest BCUT2D eigenvalue weighted by Crippen LogP contribution is 2.38. The largest absolute Gasteiger partial charge is 0.382 e. The number of nitrogens with two attached hydrogens (primary N) is 1. The molecule has 102 valence electrons. The van der Waals surface area contributed by atoms with E-state index in [1.54, 1.807) is 10.4 Å². The van der Waals surface area contributed by atoms with Gasteiger partial charge in [-0.3, -0.25) is 5.10 Å². The lowest BCUT2D eigenvalue weighted by molar-refractivity contribution is 0.713. The molecule has 1 aliphatic carbocycles. The summed E-state index contributed by atoms with van der Waals surface area (Å²) in [4.78, 5) is 2.87. The normalized spacial score (nSPS) is 15.5. The van der Waals surface area contributed by atoms with Gasteiger partial charge in [-0.15, -0.1) is 11.3 Å².